The van der Waals surface area contributed by atoms with Gasteiger partial charge in [-0.2, -0.15) is 0 Å². The summed E-state index contributed by atoms with van der Waals surface area (Å²) >= 11 is 0. The van der Waals surface area contributed by atoms with E-state index < -0.39 is 0 Å². The van der Waals surface area contributed by atoms with Crippen LogP contribution in [0.2, 0.25) is 0 Å². The highest BCUT2D eigenvalue weighted by atomic mass is 14.9. The first-order valence-electron chi connectivity index (χ1n) is 6.56. The molecule has 1 nitrogen and oxygen atoms in total. The molecule has 88 valence electrons. The number of hydrogen-bond acceptors (Lipinski definition) is 1. The normalized spacial score (nSPS) is 20.4. The molecule has 1 aliphatic rings. The highest BCUT2D eigenvalue weighted by Gasteiger charge is 2.34. The SMILES string of the molecule is CCC(CC)C(NC)C1Cc2ccccc21. The second kappa shape index (κ2) is 5.01. The Morgan fingerprint density at radius 3 is 2.50 bits per heavy atom. The Morgan fingerprint density at radius 1 is 1.25 bits per heavy atom. The maximum atomic E-state index is 3.55. The third kappa shape index (κ3) is 1.89. The number of rotatable bonds is 5. The standard InChI is InChI=1S/C15H23N/c1-4-11(5-2)15(16-3)14-10-12-8-6-7-9-13(12)14/h6-9,11,14-16H,4-5,10H2,1-3H3. The van der Waals surface area contributed by atoms with E-state index >= 15 is 0 Å². The molecule has 1 aromatic rings. The minimum atomic E-state index is 0.657. The first-order chi connectivity index (χ1) is 7.81. The molecular weight excluding hydrogens is 194 g/mol. The van der Waals surface area contributed by atoms with Gasteiger partial charge in [-0.1, -0.05) is 51.0 Å². The van der Waals surface area contributed by atoms with Crippen LogP contribution in [0.5, 0.6) is 0 Å². The Hall–Kier alpha value is -0.820. The molecule has 0 saturated carbocycles. The molecule has 2 unspecified atom stereocenters. The van der Waals surface area contributed by atoms with E-state index in [0.29, 0.717) is 6.04 Å². The molecule has 0 aliphatic heterocycles. The second-order valence-corrected chi connectivity index (χ2v) is 4.90. The van der Waals surface area contributed by atoms with Crippen molar-refractivity contribution in [2.45, 2.75) is 45.1 Å². The molecule has 0 amide bonds. The highest BCUT2D eigenvalue weighted by molar-refractivity contribution is 5.41. The topological polar surface area (TPSA) is 12.0 Å². The zero-order valence-electron chi connectivity index (χ0n) is 10.7. The number of likely N-dealkylation sites (N-methyl/N-ethyl adjacent to an activating group) is 1. The average Bonchev–Trinajstić information content (AvgIpc) is 2.30. The van der Waals surface area contributed by atoms with Crippen LogP contribution in [0.25, 0.3) is 0 Å². The van der Waals surface area contributed by atoms with Gasteiger partial charge in [-0.15, -0.1) is 0 Å². The van der Waals surface area contributed by atoms with E-state index in [1.54, 1.807) is 11.1 Å². The Morgan fingerprint density at radius 2 is 1.94 bits per heavy atom. The molecule has 0 fully saturated rings. The van der Waals surface area contributed by atoms with Crippen LogP contribution in [0.3, 0.4) is 0 Å². The minimum Gasteiger partial charge on any atom is -0.316 e. The van der Waals surface area contributed by atoms with E-state index in [4.69, 9.17) is 0 Å². The molecule has 0 aromatic heterocycles. The molecule has 0 radical (unpaired) electrons. The number of nitrogens with one attached hydrogen (secondary N) is 1. The lowest BCUT2D eigenvalue weighted by Gasteiger charge is -2.40. The summed E-state index contributed by atoms with van der Waals surface area (Å²) in [5, 5.41) is 3.55. The summed E-state index contributed by atoms with van der Waals surface area (Å²) in [4.78, 5) is 0. The summed E-state index contributed by atoms with van der Waals surface area (Å²) in [6, 6.07) is 9.55. The third-order valence-electron chi connectivity index (χ3n) is 4.22. The van der Waals surface area contributed by atoms with Crippen LogP contribution in [0, 0.1) is 5.92 Å². The number of benzene rings is 1. The molecule has 0 spiro atoms. The molecule has 0 saturated heterocycles. The van der Waals surface area contributed by atoms with Crippen molar-refractivity contribution in [1.82, 2.24) is 5.32 Å². The predicted octanol–water partition coefficient (Wildman–Crippen LogP) is 3.35. The van der Waals surface area contributed by atoms with Crippen LogP contribution in [0.1, 0.15) is 43.7 Å². The monoisotopic (exact) mass is 217 g/mol. The van der Waals surface area contributed by atoms with E-state index in [1.807, 2.05) is 0 Å². The van der Waals surface area contributed by atoms with Crippen molar-refractivity contribution in [3.63, 3.8) is 0 Å². The molecule has 0 heterocycles. The van der Waals surface area contributed by atoms with Gasteiger partial charge in [0.25, 0.3) is 0 Å². The van der Waals surface area contributed by atoms with Crippen molar-refractivity contribution in [2.75, 3.05) is 7.05 Å². The molecule has 1 heteroatoms. The second-order valence-electron chi connectivity index (χ2n) is 4.90. The van der Waals surface area contributed by atoms with Gasteiger partial charge in [0.2, 0.25) is 0 Å². The number of hydrogen-bond donors (Lipinski definition) is 1. The van der Waals surface area contributed by atoms with Crippen LogP contribution in [0.4, 0.5) is 0 Å². The Bertz CT molecular complexity index is 341. The van der Waals surface area contributed by atoms with Crippen LogP contribution < -0.4 is 5.32 Å². The van der Waals surface area contributed by atoms with Gasteiger partial charge in [0, 0.05) is 12.0 Å². The van der Waals surface area contributed by atoms with Gasteiger partial charge >= 0.3 is 0 Å². The zero-order valence-corrected chi connectivity index (χ0v) is 10.7. The molecule has 2 rings (SSSR count). The third-order valence-corrected chi connectivity index (χ3v) is 4.22. The van der Waals surface area contributed by atoms with E-state index in [-0.39, 0.29) is 0 Å². The van der Waals surface area contributed by atoms with Crippen LogP contribution >= 0.6 is 0 Å². The van der Waals surface area contributed by atoms with Gasteiger partial charge < -0.3 is 5.32 Å². The van der Waals surface area contributed by atoms with E-state index in [2.05, 4.69) is 50.5 Å². The first kappa shape index (κ1) is 11.7. The molecular formula is C15H23N. The number of fused-ring (bicyclic) bond motifs is 1. The smallest absolute Gasteiger partial charge is 0.0164 e. The summed E-state index contributed by atoms with van der Waals surface area (Å²) in [7, 11) is 2.12. The largest absolute Gasteiger partial charge is 0.316 e. The van der Waals surface area contributed by atoms with Gasteiger partial charge in [-0.25, -0.2) is 0 Å². The van der Waals surface area contributed by atoms with Crippen molar-refractivity contribution in [1.29, 1.82) is 0 Å². The summed E-state index contributed by atoms with van der Waals surface area (Å²) in [5.74, 6) is 1.55. The van der Waals surface area contributed by atoms with Crippen molar-refractivity contribution < 1.29 is 0 Å². The fourth-order valence-electron chi connectivity index (χ4n) is 3.18. The fraction of sp³-hybridized carbons (Fsp3) is 0.600. The molecule has 1 aliphatic carbocycles. The average molecular weight is 217 g/mol. The Balaban J connectivity index is 2.14. The highest BCUT2D eigenvalue weighted by Crippen LogP contribution is 2.40. The van der Waals surface area contributed by atoms with E-state index in [9.17, 15) is 0 Å². The van der Waals surface area contributed by atoms with Crippen molar-refractivity contribution in [3.8, 4) is 0 Å². The molecule has 1 N–H and O–H groups in total. The van der Waals surface area contributed by atoms with Crippen LogP contribution in [0.15, 0.2) is 24.3 Å². The maximum Gasteiger partial charge on any atom is 0.0164 e. The Labute approximate surface area is 99.3 Å². The van der Waals surface area contributed by atoms with Gasteiger partial charge in [0.15, 0.2) is 0 Å². The van der Waals surface area contributed by atoms with Gasteiger partial charge in [-0.05, 0) is 30.5 Å². The van der Waals surface area contributed by atoms with Crippen molar-refractivity contribution >= 4 is 0 Å². The quantitative estimate of drug-likeness (QED) is 0.797. The lowest BCUT2D eigenvalue weighted by molar-refractivity contribution is 0.288. The summed E-state index contributed by atoms with van der Waals surface area (Å²) in [6.07, 6.45) is 3.82. The van der Waals surface area contributed by atoms with Gasteiger partial charge in [-0.3, -0.25) is 0 Å². The van der Waals surface area contributed by atoms with Crippen molar-refractivity contribution in [2.24, 2.45) is 5.92 Å². The summed E-state index contributed by atoms with van der Waals surface area (Å²) < 4.78 is 0. The van der Waals surface area contributed by atoms with E-state index in [0.717, 1.165) is 11.8 Å². The molecule has 0 bridgehead atoms. The molecule has 1 aromatic carbocycles. The van der Waals surface area contributed by atoms with Crippen LogP contribution in [-0.2, 0) is 6.42 Å². The molecule has 2 atom stereocenters. The predicted molar refractivity (Wildman–Crippen MR) is 69.8 cm³/mol. The Kier molecular flexibility index (Phi) is 3.65. The maximum absolute atomic E-state index is 3.55. The van der Waals surface area contributed by atoms with Gasteiger partial charge in [0.1, 0.15) is 0 Å². The fourth-order valence-corrected chi connectivity index (χ4v) is 3.18. The van der Waals surface area contributed by atoms with Crippen molar-refractivity contribution in [3.05, 3.63) is 35.4 Å². The molecule has 16 heavy (non-hydrogen) atoms. The van der Waals surface area contributed by atoms with Crippen LogP contribution in [-0.4, -0.2) is 13.1 Å². The first-order valence-corrected chi connectivity index (χ1v) is 6.56. The summed E-state index contributed by atoms with van der Waals surface area (Å²) in [6.45, 7) is 4.62. The van der Waals surface area contributed by atoms with Gasteiger partial charge in [0.05, 0.1) is 0 Å². The summed E-state index contributed by atoms with van der Waals surface area (Å²) in [5.41, 5.74) is 3.13. The lowest BCUT2D eigenvalue weighted by Crippen LogP contribution is -2.43. The van der Waals surface area contributed by atoms with E-state index in [1.165, 1.54) is 19.3 Å². The lowest BCUT2D eigenvalue weighted by atomic mass is 9.69. The minimum absolute atomic E-state index is 0.657. The zero-order chi connectivity index (χ0) is 11.5.